The topological polar surface area (TPSA) is 69.0 Å². The van der Waals surface area contributed by atoms with Crippen LogP contribution in [0.15, 0.2) is 90.1 Å². The van der Waals surface area contributed by atoms with Gasteiger partial charge in [-0.3, -0.25) is 9.36 Å². The van der Waals surface area contributed by atoms with E-state index in [-0.39, 0.29) is 11.7 Å². The maximum Gasteiger partial charge on any atom is 0.230 e. The van der Waals surface area contributed by atoms with Crippen LogP contribution in [-0.2, 0) is 11.3 Å². The summed E-state index contributed by atoms with van der Waals surface area (Å²) in [6.45, 7) is 0.498. The van der Waals surface area contributed by atoms with Crippen LogP contribution in [0.25, 0.3) is 17.1 Å². The Bertz CT molecular complexity index is 1150. The summed E-state index contributed by atoms with van der Waals surface area (Å²) in [7, 11) is 1.63. The van der Waals surface area contributed by atoms with E-state index in [1.807, 2.05) is 89.5 Å². The van der Waals surface area contributed by atoms with Gasteiger partial charge in [-0.25, -0.2) is 0 Å². The van der Waals surface area contributed by atoms with Crippen LogP contribution < -0.4 is 10.1 Å². The van der Waals surface area contributed by atoms with Gasteiger partial charge in [-0.15, -0.1) is 10.2 Å². The van der Waals surface area contributed by atoms with Crippen LogP contribution in [0.1, 0.15) is 5.56 Å². The standard InChI is InChI=1S/C24H22N4O2S/c1-30-21-15-9-8-14-20(21)23-26-27-24(28(23)19-12-6-3-7-13-19)31-17-22(29)25-16-18-10-4-2-5-11-18/h2-15H,16-17H2,1H3,(H,25,29). The van der Waals surface area contributed by atoms with E-state index in [9.17, 15) is 4.79 Å². The SMILES string of the molecule is COc1ccccc1-c1nnc(SCC(=O)NCc2ccccc2)n1-c1ccccc1. The molecule has 6 nitrogen and oxygen atoms in total. The first-order chi connectivity index (χ1) is 15.3. The zero-order valence-corrected chi connectivity index (χ0v) is 17.9. The molecule has 1 aromatic heterocycles. The highest BCUT2D eigenvalue weighted by atomic mass is 32.2. The predicted molar refractivity (Wildman–Crippen MR) is 122 cm³/mol. The molecule has 0 aliphatic heterocycles. The Balaban J connectivity index is 1.56. The van der Waals surface area contributed by atoms with E-state index >= 15 is 0 Å². The molecule has 1 amide bonds. The van der Waals surface area contributed by atoms with Crippen molar-refractivity contribution in [3.05, 3.63) is 90.5 Å². The van der Waals surface area contributed by atoms with Crippen molar-refractivity contribution < 1.29 is 9.53 Å². The zero-order valence-electron chi connectivity index (χ0n) is 17.1. The molecular weight excluding hydrogens is 408 g/mol. The maximum atomic E-state index is 12.4. The summed E-state index contributed by atoms with van der Waals surface area (Å²) in [5.41, 5.74) is 2.81. The molecule has 1 N–H and O–H groups in total. The molecule has 0 radical (unpaired) electrons. The van der Waals surface area contributed by atoms with E-state index in [1.165, 1.54) is 11.8 Å². The molecule has 0 spiro atoms. The average Bonchev–Trinajstić information content (AvgIpc) is 3.26. The highest BCUT2D eigenvalue weighted by Crippen LogP contribution is 2.33. The number of carbonyl (C=O) groups excluding carboxylic acids is 1. The molecule has 4 aromatic rings. The minimum Gasteiger partial charge on any atom is -0.496 e. The summed E-state index contributed by atoms with van der Waals surface area (Å²) < 4.78 is 7.47. The van der Waals surface area contributed by atoms with Gasteiger partial charge in [-0.1, -0.05) is 72.4 Å². The third-order valence-electron chi connectivity index (χ3n) is 4.66. The lowest BCUT2D eigenvalue weighted by Crippen LogP contribution is -2.24. The van der Waals surface area contributed by atoms with Gasteiger partial charge >= 0.3 is 0 Å². The van der Waals surface area contributed by atoms with Crippen LogP contribution in [0.4, 0.5) is 0 Å². The summed E-state index contributed by atoms with van der Waals surface area (Å²) in [5, 5.41) is 12.4. The fourth-order valence-electron chi connectivity index (χ4n) is 3.15. The van der Waals surface area contributed by atoms with Gasteiger partial charge in [0.25, 0.3) is 0 Å². The molecule has 1 heterocycles. The molecule has 0 atom stereocenters. The number of rotatable bonds is 8. The second kappa shape index (κ2) is 9.95. The summed E-state index contributed by atoms with van der Waals surface area (Å²) in [6, 6.07) is 27.4. The number of hydrogen-bond donors (Lipinski definition) is 1. The van der Waals surface area contributed by atoms with Gasteiger partial charge in [-0.05, 0) is 29.8 Å². The number of amides is 1. The van der Waals surface area contributed by atoms with Crippen LogP contribution in [0.5, 0.6) is 5.75 Å². The number of aromatic nitrogens is 3. The molecule has 0 aliphatic rings. The smallest absolute Gasteiger partial charge is 0.230 e. The lowest BCUT2D eigenvalue weighted by molar-refractivity contribution is -0.118. The van der Waals surface area contributed by atoms with Crippen LogP contribution in [0.3, 0.4) is 0 Å². The Hall–Kier alpha value is -3.58. The van der Waals surface area contributed by atoms with Crippen molar-refractivity contribution in [1.82, 2.24) is 20.1 Å². The number of benzene rings is 3. The molecule has 7 heteroatoms. The number of nitrogens with zero attached hydrogens (tertiary/aromatic N) is 3. The average molecular weight is 431 g/mol. The van der Waals surface area contributed by atoms with Gasteiger partial charge in [0, 0.05) is 12.2 Å². The third kappa shape index (κ3) is 4.95. The van der Waals surface area contributed by atoms with Crippen molar-refractivity contribution in [2.24, 2.45) is 0 Å². The summed E-state index contributed by atoms with van der Waals surface area (Å²) in [5.74, 6) is 1.55. The monoisotopic (exact) mass is 430 g/mol. The van der Waals surface area contributed by atoms with Crippen molar-refractivity contribution in [2.45, 2.75) is 11.7 Å². The van der Waals surface area contributed by atoms with Gasteiger partial charge in [0.15, 0.2) is 11.0 Å². The normalized spacial score (nSPS) is 10.6. The van der Waals surface area contributed by atoms with E-state index in [2.05, 4.69) is 15.5 Å². The summed E-state index contributed by atoms with van der Waals surface area (Å²) in [6.07, 6.45) is 0. The lowest BCUT2D eigenvalue weighted by atomic mass is 10.2. The van der Waals surface area contributed by atoms with Crippen LogP contribution in [0, 0.1) is 0 Å². The number of carbonyl (C=O) groups is 1. The molecule has 3 aromatic carbocycles. The quantitative estimate of drug-likeness (QED) is 0.421. The predicted octanol–water partition coefficient (Wildman–Crippen LogP) is 4.35. The highest BCUT2D eigenvalue weighted by molar-refractivity contribution is 7.99. The van der Waals surface area contributed by atoms with Crippen molar-refractivity contribution in [3.8, 4) is 22.8 Å². The Morgan fingerprint density at radius 1 is 0.935 bits per heavy atom. The van der Waals surface area contributed by atoms with Gasteiger partial charge in [0.05, 0.1) is 18.4 Å². The van der Waals surface area contributed by atoms with E-state index in [4.69, 9.17) is 4.74 Å². The molecular formula is C24H22N4O2S. The Morgan fingerprint density at radius 2 is 1.61 bits per heavy atom. The number of thioether (sulfide) groups is 1. The first-order valence-electron chi connectivity index (χ1n) is 9.84. The zero-order chi connectivity index (χ0) is 21.5. The van der Waals surface area contributed by atoms with Crippen molar-refractivity contribution >= 4 is 17.7 Å². The molecule has 0 saturated carbocycles. The summed E-state index contributed by atoms with van der Waals surface area (Å²) >= 11 is 1.35. The minimum absolute atomic E-state index is 0.0599. The summed E-state index contributed by atoms with van der Waals surface area (Å²) in [4.78, 5) is 12.4. The van der Waals surface area contributed by atoms with Gasteiger partial charge < -0.3 is 10.1 Å². The molecule has 0 unspecified atom stereocenters. The number of hydrogen-bond acceptors (Lipinski definition) is 5. The Labute approximate surface area is 185 Å². The number of nitrogens with one attached hydrogen (secondary N) is 1. The van der Waals surface area contributed by atoms with E-state index < -0.39 is 0 Å². The third-order valence-corrected chi connectivity index (χ3v) is 5.59. The maximum absolute atomic E-state index is 12.4. The number of methoxy groups -OCH3 is 1. The van der Waals surface area contributed by atoms with E-state index in [0.717, 1.165) is 16.8 Å². The Morgan fingerprint density at radius 3 is 2.35 bits per heavy atom. The second-order valence-corrected chi connectivity index (χ2v) is 7.67. The van der Waals surface area contributed by atoms with Gasteiger partial charge in [-0.2, -0.15) is 0 Å². The molecule has 4 rings (SSSR count). The van der Waals surface area contributed by atoms with E-state index in [0.29, 0.717) is 23.3 Å². The molecule has 0 fully saturated rings. The van der Waals surface area contributed by atoms with Crippen LogP contribution in [0.2, 0.25) is 0 Å². The van der Waals surface area contributed by atoms with Crippen LogP contribution in [-0.4, -0.2) is 33.5 Å². The second-order valence-electron chi connectivity index (χ2n) is 6.73. The number of ether oxygens (including phenoxy) is 1. The molecule has 0 bridgehead atoms. The number of para-hydroxylation sites is 2. The largest absolute Gasteiger partial charge is 0.496 e. The molecule has 156 valence electrons. The fourth-order valence-corrected chi connectivity index (χ4v) is 3.94. The minimum atomic E-state index is -0.0599. The Kier molecular flexibility index (Phi) is 6.64. The van der Waals surface area contributed by atoms with E-state index in [1.54, 1.807) is 7.11 Å². The fraction of sp³-hybridized carbons (Fsp3) is 0.125. The van der Waals surface area contributed by atoms with Gasteiger partial charge in [0.1, 0.15) is 5.75 Å². The molecule has 0 saturated heterocycles. The lowest BCUT2D eigenvalue weighted by Gasteiger charge is -2.12. The van der Waals surface area contributed by atoms with Gasteiger partial charge in [0.2, 0.25) is 5.91 Å². The van der Waals surface area contributed by atoms with Crippen molar-refractivity contribution in [2.75, 3.05) is 12.9 Å². The van der Waals surface area contributed by atoms with Crippen molar-refractivity contribution in [1.29, 1.82) is 0 Å². The molecule has 31 heavy (non-hydrogen) atoms. The van der Waals surface area contributed by atoms with Crippen molar-refractivity contribution in [3.63, 3.8) is 0 Å². The highest BCUT2D eigenvalue weighted by Gasteiger charge is 2.19. The first-order valence-corrected chi connectivity index (χ1v) is 10.8. The molecule has 0 aliphatic carbocycles. The van der Waals surface area contributed by atoms with Crippen LogP contribution >= 0.6 is 11.8 Å². The first kappa shape index (κ1) is 20.7.